The summed E-state index contributed by atoms with van der Waals surface area (Å²) in [4.78, 5) is 21.2. The molecular formula is C20H23FN4O3S. The summed E-state index contributed by atoms with van der Waals surface area (Å²) in [5.74, 6) is -0.0291. The van der Waals surface area contributed by atoms with Crippen LogP contribution < -0.4 is 4.90 Å². The Morgan fingerprint density at radius 3 is 2.38 bits per heavy atom. The van der Waals surface area contributed by atoms with Gasteiger partial charge in [-0.15, -0.1) is 0 Å². The molecule has 7 nitrogen and oxygen atoms in total. The molecule has 0 unspecified atom stereocenters. The first-order valence-corrected chi connectivity index (χ1v) is 11.2. The van der Waals surface area contributed by atoms with Gasteiger partial charge in [-0.3, -0.25) is 4.79 Å². The number of amides is 1. The van der Waals surface area contributed by atoms with Gasteiger partial charge in [0.05, 0.1) is 10.5 Å². The zero-order valence-corrected chi connectivity index (χ0v) is 16.8. The molecule has 2 aromatic rings. The molecule has 0 saturated carbocycles. The Morgan fingerprint density at radius 1 is 0.966 bits per heavy atom. The Labute approximate surface area is 169 Å². The number of hydrogen-bond acceptors (Lipinski definition) is 5. The smallest absolute Gasteiger partial charge is 0.257 e. The molecular weight excluding hydrogens is 395 g/mol. The molecule has 0 atom stereocenters. The molecule has 4 rings (SSSR count). The van der Waals surface area contributed by atoms with Crippen molar-refractivity contribution in [1.82, 2.24) is 14.2 Å². The second-order valence-corrected chi connectivity index (χ2v) is 9.16. The van der Waals surface area contributed by atoms with E-state index < -0.39 is 15.8 Å². The molecule has 2 saturated heterocycles. The number of pyridine rings is 1. The maximum atomic E-state index is 13.4. The van der Waals surface area contributed by atoms with Crippen LogP contribution in [0.2, 0.25) is 0 Å². The van der Waals surface area contributed by atoms with Crippen molar-refractivity contribution >= 4 is 21.7 Å². The molecule has 9 heteroatoms. The number of nitrogens with zero attached hydrogens (tertiary/aromatic N) is 4. The molecule has 154 valence electrons. The highest BCUT2D eigenvalue weighted by atomic mass is 32.2. The zero-order chi connectivity index (χ0) is 20.4. The number of carbonyl (C=O) groups excluding carboxylic acids is 1. The van der Waals surface area contributed by atoms with E-state index in [-0.39, 0.29) is 37.0 Å². The summed E-state index contributed by atoms with van der Waals surface area (Å²) in [6.07, 6.45) is 3.86. The quantitative estimate of drug-likeness (QED) is 0.759. The van der Waals surface area contributed by atoms with E-state index in [1.165, 1.54) is 22.5 Å². The third-order valence-corrected chi connectivity index (χ3v) is 7.28. The van der Waals surface area contributed by atoms with Crippen LogP contribution in [-0.4, -0.2) is 67.8 Å². The lowest BCUT2D eigenvalue weighted by molar-refractivity contribution is 0.0698. The van der Waals surface area contributed by atoms with Crippen molar-refractivity contribution in [2.45, 2.75) is 17.7 Å². The summed E-state index contributed by atoms with van der Waals surface area (Å²) in [5, 5.41) is 0. The van der Waals surface area contributed by atoms with Gasteiger partial charge in [0.15, 0.2) is 0 Å². The first-order valence-electron chi connectivity index (χ1n) is 9.72. The average Bonchev–Trinajstić information content (AvgIpc) is 3.28. The molecule has 3 heterocycles. The van der Waals surface area contributed by atoms with Crippen LogP contribution in [0.1, 0.15) is 23.2 Å². The van der Waals surface area contributed by atoms with Crippen LogP contribution in [0.3, 0.4) is 0 Å². The fourth-order valence-electron chi connectivity index (χ4n) is 3.82. The number of sulfonamides is 1. The van der Waals surface area contributed by atoms with E-state index in [1.54, 1.807) is 23.2 Å². The topological polar surface area (TPSA) is 73.8 Å². The molecule has 2 aliphatic heterocycles. The molecule has 0 bridgehead atoms. The van der Waals surface area contributed by atoms with Crippen LogP contribution in [0.5, 0.6) is 0 Å². The number of benzene rings is 1. The molecule has 1 amide bonds. The number of hydrogen-bond donors (Lipinski definition) is 0. The van der Waals surface area contributed by atoms with Crippen LogP contribution >= 0.6 is 0 Å². The van der Waals surface area contributed by atoms with Gasteiger partial charge in [0.2, 0.25) is 10.0 Å². The summed E-state index contributed by atoms with van der Waals surface area (Å²) in [5.41, 5.74) is 0.552. The molecule has 29 heavy (non-hydrogen) atoms. The number of halogens is 1. The SMILES string of the molecule is O=C(c1cccnc1N1CCCC1)N1CCN(S(=O)(=O)c2cccc(F)c2)CC1. The number of anilines is 1. The van der Waals surface area contributed by atoms with Crippen LogP contribution in [-0.2, 0) is 10.0 Å². The van der Waals surface area contributed by atoms with Gasteiger partial charge in [-0.2, -0.15) is 4.31 Å². The monoisotopic (exact) mass is 418 g/mol. The highest BCUT2D eigenvalue weighted by Crippen LogP contribution is 2.24. The van der Waals surface area contributed by atoms with Crippen molar-refractivity contribution in [2.75, 3.05) is 44.2 Å². The zero-order valence-electron chi connectivity index (χ0n) is 16.0. The number of carbonyl (C=O) groups is 1. The van der Waals surface area contributed by atoms with E-state index in [0.29, 0.717) is 11.4 Å². The minimum atomic E-state index is -3.78. The van der Waals surface area contributed by atoms with Crippen molar-refractivity contribution < 1.29 is 17.6 Å². The largest absolute Gasteiger partial charge is 0.356 e. The third kappa shape index (κ3) is 3.97. The second kappa shape index (κ2) is 8.08. The number of aromatic nitrogens is 1. The minimum Gasteiger partial charge on any atom is -0.356 e. The van der Waals surface area contributed by atoms with E-state index in [9.17, 15) is 17.6 Å². The summed E-state index contributed by atoms with van der Waals surface area (Å²) in [6.45, 7) is 2.67. The fraction of sp³-hybridized carbons (Fsp3) is 0.400. The lowest BCUT2D eigenvalue weighted by Gasteiger charge is -2.34. The molecule has 0 spiro atoms. The van der Waals surface area contributed by atoms with Crippen molar-refractivity contribution in [3.63, 3.8) is 0 Å². The minimum absolute atomic E-state index is 0.0687. The predicted molar refractivity (Wildman–Crippen MR) is 107 cm³/mol. The molecule has 2 fully saturated rings. The normalized spacial score (nSPS) is 18.2. The van der Waals surface area contributed by atoms with Gasteiger partial charge in [0.25, 0.3) is 5.91 Å². The highest BCUT2D eigenvalue weighted by molar-refractivity contribution is 7.89. The Balaban J connectivity index is 1.47. The van der Waals surface area contributed by atoms with Gasteiger partial charge in [-0.05, 0) is 43.2 Å². The van der Waals surface area contributed by atoms with E-state index in [0.717, 1.165) is 32.0 Å². The van der Waals surface area contributed by atoms with Gasteiger partial charge in [-0.1, -0.05) is 6.07 Å². The first kappa shape index (κ1) is 19.8. The molecule has 0 radical (unpaired) electrons. The van der Waals surface area contributed by atoms with Crippen molar-refractivity contribution in [3.05, 3.63) is 54.0 Å². The summed E-state index contributed by atoms with van der Waals surface area (Å²) in [7, 11) is -3.78. The van der Waals surface area contributed by atoms with Crippen molar-refractivity contribution in [1.29, 1.82) is 0 Å². The summed E-state index contributed by atoms with van der Waals surface area (Å²) >= 11 is 0. The highest BCUT2D eigenvalue weighted by Gasteiger charge is 2.32. The Hall–Kier alpha value is -2.52. The van der Waals surface area contributed by atoms with E-state index >= 15 is 0 Å². The van der Waals surface area contributed by atoms with E-state index in [4.69, 9.17) is 0 Å². The summed E-state index contributed by atoms with van der Waals surface area (Å²) < 4.78 is 40.2. The van der Waals surface area contributed by atoms with E-state index in [2.05, 4.69) is 9.88 Å². The third-order valence-electron chi connectivity index (χ3n) is 5.38. The molecule has 2 aliphatic rings. The predicted octanol–water partition coefficient (Wildman–Crippen LogP) is 1.97. The van der Waals surface area contributed by atoms with Crippen molar-refractivity contribution in [3.8, 4) is 0 Å². The van der Waals surface area contributed by atoms with Crippen molar-refractivity contribution in [2.24, 2.45) is 0 Å². The average molecular weight is 418 g/mol. The van der Waals surface area contributed by atoms with E-state index in [1.807, 2.05) is 0 Å². The standard InChI is InChI=1S/C20H23FN4O3S/c21-16-5-3-6-17(15-16)29(27,28)25-13-11-24(12-14-25)20(26)18-7-4-8-22-19(18)23-9-1-2-10-23/h3-8,15H,1-2,9-14H2. The Kier molecular flexibility index (Phi) is 5.51. The van der Waals surface area contributed by atoms with Crippen LogP contribution in [0.25, 0.3) is 0 Å². The summed E-state index contributed by atoms with van der Waals surface area (Å²) in [6, 6.07) is 8.51. The van der Waals surface area contributed by atoms with Gasteiger partial charge in [-0.25, -0.2) is 17.8 Å². The van der Waals surface area contributed by atoms with Crippen LogP contribution in [0.15, 0.2) is 47.5 Å². The fourth-order valence-corrected chi connectivity index (χ4v) is 5.28. The molecule has 1 aromatic carbocycles. The van der Waals surface area contributed by atoms with Crippen LogP contribution in [0, 0.1) is 5.82 Å². The Morgan fingerprint density at radius 2 is 1.69 bits per heavy atom. The van der Waals surface area contributed by atoms with Gasteiger partial charge in [0, 0.05) is 45.5 Å². The maximum absolute atomic E-state index is 13.4. The lowest BCUT2D eigenvalue weighted by Crippen LogP contribution is -2.50. The molecule has 1 aromatic heterocycles. The van der Waals surface area contributed by atoms with Gasteiger partial charge >= 0.3 is 0 Å². The van der Waals surface area contributed by atoms with Crippen LogP contribution in [0.4, 0.5) is 10.2 Å². The first-order chi connectivity index (χ1) is 14.0. The molecule has 0 N–H and O–H groups in total. The number of rotatable bonds is 4. The maximum Gasteiger partial charge on any atom is 0.257 e. The molecule has 0 aliphatic carbocycles. The second-order valence-electron chi connectivity index (χ2n) is 7.22. The number of piperazine rings is 1. The van der Waals surface area contributed by atoms with Gasteiger partial charge < -0.3 is 9.80 Å². The lowest BCUT2D eigenvalue weighted by atomic mass is 10.2. The Bertz CT molecular complexity index is 1000. The van der Waals surface area contributed by atoms with Gasteiger partial charge in [0.1, 0.15) is 11.6 Å².